The highest BCUT2D eigenvalue weighted by molar-refractivity contribution is 5.83. The molecule has 3 heteroatoms. The van der Waals surface area contributed by atoms with Crippen molar-refractivity contribution in [1.29, 1.82) is 0 Å². The lowest BCUT2D eigenvalue weighted by Gasteiger charge is -2.10. The van der Waals surface area contributed by atoms with Crippen molar-refractivity contribution >= 4 is 16.8 Å². The molecular weight excluding hydrogens is 236 g/mol. The van der Waals surface area contributed by atoms with Gasteiger partial charge < -0.3 is 9.32 Å². The number of anilines is 1. The molecule has 0 fully saturated rings. The van der Waals surface area contributed by atoms with Crippen LogP contribution >= 0.6 is 0 Å². The van der Waals surface area contributed by atoms with Crippen molar-refractivity contribution in [3.8, 4) is 11.1 Å². The van der Waals surface area contributed by atoms with Gasteiger partial charge in [-0.15, -0.1) is 0 Å². The van der Waals surface area contributed by atoms with Crippen LogP contribution in [0.1, 0.15) is 5.56 Å². The first-order chi connectivity index (χ1) is 9.31. The monoisotopic (exact) mass is 250 g/mol. The number of nitrogens with zero attached hydrogens (tertiary/aromatic N) is 2. The van der Waals surface area contributed by atoms with E-state index in [-0.39, 0.29) is 0 Å². The van der Waals surface area contributed by atoms with Crippen molar-refractivity contribution in [3.63, 3.8) is 0 Å². The Morgan fingerprint density at radius 3 is 3.05 bits per heavy atom. The Balaban J connectivity index is 1.83. The predicted molar refractivity (Wildman–Crippen MR) is 76.4 cm³/mol. The largest absolute Gasteiger partial charge is 0.464 e. The van der Waals surface area contributed by atoms with Crippen LogP contribution in [0.25, 0.3) is 22.1 Å². The summed E-state index contributed by atoms with van der Waals surface area (Å²) in [5.41, 5.74) is 4.64. The first-order valence-corrected chi connectivity index (χ1v) is 6.49. The van der Waals surface area contributed by atoms with Crippen molar-refractivity contribution in [2.45, 2.75) is 6.42 Å². The summed E-state index contributed by atoms with van der Waals surface area (Å²) in [4.78, 5) is 6.79. The van der Waals surface area contributed by atoms with Crippen LogP contribution in [0.3, 0.4) is 0 Å². The third-order valence-electron chi connectivity index (χ3n) is 3.81. The molecule has 0 atom stereocenters. The van der Waals surface area contributed by atoms with Crippen LogP contribution in [0.5, 0.6) is 0 Å². The van der Waals surface area contributed by atoms with Gasteiger partial charge in [0.2, 0.25) is 0 Å². The van der Waals surface area contributed by atoms with Gasteiger partial charge in [0.25, 0.3) is 0 Å². The van der Waals surface area contributed by atoms with E-state index >= 15 is 0 Å². The summed E-state index contributed by atoms with van der Waals surface area (Å²) < 4.78 is 5.37. The van der Waals surface area contributed by atoms with Crippen LogP contribution in [-0.4, -0.2) is 18.6 Å². The Bertz CT molecular complexity index is 760. The molecule has 0 saturated heterocycles. The smallest absolute Gasteiger partial charge is 0.133 e. The molecule has 94 valence electrons. The molecule has 0 spiro atoms. The summed E-state index contributed by atoms with van der Waals surface area (Å²) in [5, 5.41) is 1.13. The van der Waals surface area contributed by atoms with Crippen LogP contribution in [0.15, 0.2) is 47.2 Å². The van der Waals surface area contributed by atoms with E-state index in [4.69, 9.17) is 4.42 Å². The molecule has 0 N–H and O–H groups in total. The summed E-state index contributed by atoms with van der Waals surface area (Å²) in [7, 11) is 2.09. The van der Waals surface area contributed by atoms with Crippen molar-refractivity contribution in [3.05, 3.63) is 48.4 Å². The fourth-order valence-corrected chi connectivity index (χ4v) is 2.73. The van der Waals surface area contributed by atoms with Gasteiger partial charge in [-0.3, -0.25) is 0 Å². The molecule has 4 rings (SSSR count). The molecule has 0 radical (unpaired) electrons. The Hall–Kier alpha value is -2.29. The third-order valence-corrected chi connectivity index (χ3v) is 3.81. The number of rotatable bonds is 1. The minimum atomic E-state index is 0.928. The van der Waals surface area contributed by atoms with Crippen LogP contribution in [0.2, 0.25) is 0 Å². The van der Waals surface area contributed by atoms with Crippen LogP contribution in [0.4, 0.5) is 5.82 Å². The second kappa shape index (κ2) is 3.85. The normalized spacial score (nSPS) is 14.1. The number of hydrogen-bond donors (Lipinski definition) is 0. The predicted octanol–water partition coefficient (Wildman–Crippen LogP) is 3.49. The quantitative estimate of drug-likeness (QED) is 0.662. The number of furan rings is 1. The number of fused-ring (bicyclic) bond motifs is 2. The highest BCUT2D eigenvalue weighted by atomic mass is 16.3. The second-order valence-electron chi connectivity index (χ2n) is 5.05. The lowest BCUT2D eigenvalue weighted by molar-refractivity contribution is 0.616. The summed E-state index contributed by atoms with van der Waals surface area (Å²) in [6.45, 7) is 1.06. The maximum Gasteiger partial charge on any atom is 0.133 e. The minimum absolute atomic E-state index is 0.928. The maximum absolute atomic E-state index is 5.37. The molecule has 3 heterocycles. The van der Waals surface area contributed by atoms with Crippen molar-refractivity contribution in [2.24, 2.45) is 0 Å². The van der Waals surface area contributed by atoms with Gasteiger partial charge in [-0.1, -0.05) is 6.07 Å². The summed E-state index contributed by atoms with van der Waals surface area (Å²) >= 11 is 0. The topological polar surface area (TPSA) is 29.3 Å². The number of aromatic nitrogens is 1. The molecule has 1 aliphatic rings. The molecule has 1 aliphatic heterocycles. The molecule has 0 unspecified atom stereocenters. The maximum atomic E-state index is 5.37. The Kier molecular flexibility index (Phi) is 2.15. The van der Waals surface area contributed by atoms with E-state index in [0.29, 0.717) is 0 Å². The van der Waals surface area contributed by atoms with E-state index < -0.39 is 0 Å². The van der Waals surface area contributed by atoms with Crippen LogP contribution < -0.4 is 4.90 Å². The molecule has 2 aromatic heterocycles. The lowest BCUT2D eigenvalue weighted by atomic mass is 10.0. The second-order valence-corrected chi connectivity index (χ2v) is 5.05. The molecule has 0 aliphatic carbocycles. The molecule has 0 amide bonds. The molecule has 19 heavy (non-hydrogen) atoms. The molecule has 1 aromatic carbocycles. The summed E-state index contributed by atoms with van der Waals surface area (Å²) in [5.74, 6) is 1.12. The Morgan fingerprint density at radius 1 is 1.16 bits per heavy atom. The third kappa shape index (κ3) is 1.62. The number of hydrogen-bond acceptors (Lipinski definition) is 3. The van der Waals surface area contributed by atoms with Gasteiger partial charge in [-0.2, -0.15) is 0 Å². The fraction of sp³-hybridized carbons (Fsp3) is 0.188. The van der Waals surface area contributed by atoms with Gasteiger partial charge in [0, 0.05) is 30.7 Å². The molecule has 0 bridgehead atoms. The molecule has 0 saturated carbocycles. The molecule has 3 nitrogen and oxygen atoms in total. The molecular formula is C16H14N2O. The summed E-state index contributed by atoms with van der Waals surface area (Å²) in [6.07, 6.45) is 4.77. The van der Waals surface area contributed by atoms with Gasteiger partial charge in [-0.05, 0) is 41.8 Å². The minimum Gasteiger partial charge on any atom is -0.464 e. The van der Waals surface area contributed by atoms with Crippen LogP contribution in [-0.2, 0) is 6.42 Å². The first-order valence-electron chi connectivity index (χ1n) is 6.49. The van der Waals surface area contributed by atoms with Gasteiger partial charge >= 0.3 is 0 Å². The van der Waals surface area contributed by atoms with E-state index in [1.165, 1.54) is 16.7 Å². The van der Waals surface area contributed by atoms with Crippen molar-refractivity contribution < 1.29 is 4.42 Å². The SMILES string of the molecule is CN1CCc2cc(-c3ccc4occc4c3)cnc21. The summed E-state index contributed by atoms with van der Waals surface area (Å²) in [6, 6.07) is 10.5. The van der Waals surface area contributed by atoms with Gasteiger partial charge in [-0.25, -0.2) is 4.98 Å². The fourth-order valence-electron chi connectivity index (χ4n) is 2.73. The zero-order valence-electron chi connectivity index (χ0n) is 10.8. The standard InChI is InChI=1S/C16H14N2O/c1-18-6-4-13-9-14(10-17-16(13)18)11-2-3-15-12(8-11)5-7-19-15/h2-3,5,7-10H,4,6H2,1H3. The van der Waals surface area contributed by atoms with Gasteiger partial charge in [0.05, 0.1) is 6.26 Å². The number of benzene rings is 1. The van der Waals surface area contributed by atoms with Gasteiger partial charge in [0.1, 0.15) is 11.4 Å². The lowest BCUT2D eigenvalue weighted by Crippen LogP contribution is -2.13. The number of pyridine rings is 1. The van der Waals surface area contributed by atoms with Crippen molar-refractivity contribution in [1.82, 2.24) is 4.98 Å². The Morgan fingerprint density at radius 2 is 2.11 bits per heavy atom. The zero-order chi connectivity index (χ0) is 12.8. The van der Waals surface area contributed by atoms with E-state index in [9.17, 15) is 0 Å². The average molecular weight is 250 g/mol. The van der Waals surface area contributed by atoms with E-state index in [2.05, 4.69) is 35.1 Å². The number of likely N-dealkylation sites (N-methyl/N-ethyl adjacent to an activating group) is 1. The zero-order valence-corrected chi connectivity index (χ0v) is 10.8. The van der Waals surface area contributed by atoms with Crippen molar-refractivity contribution in [2.75, 3.05) is 18.5 Å². The van der Waals surface area contributed by atoms with Crippen LogP contribution in [0, 0.1) is 0 Å². The van der Waals surface area contributed by atoms with E-state index in [1.807, 2.05) is 18.3 Å². The Labute approximate surface area is 111 Å². The highest BCUT2D eigenvalue weighted by Gasteiger charge is 2.17. The van der Waals surface area contributed by atoms with E-state index in [1.54, 1.807) is 6.26 Å². The molecule has 3 aromatic rings. The van der Waals surface area contributed by atoms with Gasteiger partial charge in [0.15, 0.2) is 0 Å². The highest BCUT2D eigenvalue weighted by Crippen LogP contribution is 2.30. The first kappa shape index (κ1) is 10.6. The van der Waals surface area contributed by atoms with E-state index in [0.717, 1.165) is 29.8 Å². The average Bonchev–Trinajstić information content (AvgIpc) is 3.04.